The lowest BCUT2D eigenvalue weighted by Crippen LogP contribution is -2.41. The van der Waals surface area contributed by atoms with Gasteiger partial charge in [0.15, 0.2) is 15.8 Å². The van der Waals surface area contributed by atoms with E-state index in [2.05, 4.69) is 16.9 Å². The predicted molar refractivity (Wildman–Crippen MR) is 117 cm³/mol. The fourth-order valence-electron chi connectivity index (χ4n) is 2.35. The third-order valence-corrected chi connectivity index (χ3v) is 5.46. The molecule has 0 radical (unpaired) electrons. The molecule has 0 heterocycles. The van der Waals surface area contributed by atoms with E-state index in [0.717, 1.165) is 38.2 Å². The molecular formula is C18H30IN3O2S. The number of hydrogen-bond donors (Lipinski definition) is 1. The number of benzene rings is 1. The van der Waals surface area contributed by atoms with Gasteiger partial charge in [0.1, 0.15) is 0 Å². The number of nitrogens with zero attached hydrogens (tertiary/aromatic N) is 2. The van der Waals surface area contributed by atoms with Gasteiger partial charge in [-0.1, -0.05) is 30.7 Å². The van der Waals surface area contributed by atoms with Gasteiger partial charge in [-0.05, 0) is 31.4 Å². The zero-order valence-electron chi connectivity index (χ0n) is 15.1. The summed E-state index contributed by atoms with van der Waals surface area (Å²) in [6.45, 7) is 4.95. The molecule has 25 heavy (non-hydrogen) atoms. The van der Waals surface area contributed by atoms with Crippen LogP contribution < -0.4 is 5.32 Å². The molecule has 0 aliphatic rings. The minimum absolute atomic E-state index is 0. The molecule has 0 unspecified atom stereocenters. The second-order valence-electron chi connectivity index (χ2n) is 5.67. The van der Waals surface area contributed by atoms with Crippen LogP contribution in [0.2, 0.25) is 0 Å². The van der Waals surface area contributed by atoms with E-state index in [-0.39, 0.29) is 29.7 Å². The highest BCUT2D eigenvalue weighted by atomic mass is 127. The average molecular weight is 479 g/mol. The largest absolute Gasteiger partial charge is 0.355 e. The van der Waals surface area contributed by atoms with Crippen LogP contribution in [0.4, 0.5) is 0 Å². The monoisotopic (exact) mass is 479 g/mol. The van der Waals surface area contributed by atoms with Crippen LogP contribution >= 0.6 is 24.0 Å². The molecule has 0 saturated carbocycles. The molecule has 1 rings (SSSR count). The Morgan fingerprint density at radius 3 is 2.52 bits per heavy atom. The summed E-state index contributed by atoms with van der Waals surface area (Å²) >= 11 is 0. The third kappa shape index (κ3) is 9.25. The Kier molecular flexibility index (Phi) is 12.6. The quantitative estimate of drug-likeness (QED) is 0.184. The van der Waals surface area contributed by atoms with Gasteiger partial charge in [-0.3, -0.25) is 4.99 Å². The molecule has 7 heteroatoms. The highest BCUT2D eigenvalue weighted by Crippen LogP contribution is 2.09. The number of halogens is 1. The molecule has 1 aromatic rings. The number of rotatable bonds is 10. The zero-order chi connectivity index (χ0) is 17.8. The molecule has 0 atom stereocenters. The molecule has 0 saturated heterocycles. The van der Waals surface area contributed by atoms with Crippen molar-refractivity contribution in [3.05, 3.63) is 43.0 Å². The van der Waals surface area contributed by atoms with Crippen LogP contribution in [0.1, 0.15) is 25.7 Å². The normalized spacial score (nSPS) is 11.5. The van der Waals surface area contributed by atoms with Gasteiger partial charge < -0.3 is 10.2 Å². The molecule has 0 aliphatic carbocycles. The van der Waals surface area contributed by atoms with E-state index in [1.54, 1.807) is 31.3 Å². The molecule has 1 aromatic carbocycles. The lowest BCUT2D eigenvalue weighted by molar-refractivity contribution is 0.456. The van der Waals surface area contributed by atoms with Crippen molar-refractivity contribution in [3.8, 4) is 0 Å². The van der Waals surface area contributed by atoms with Crippen molar-refractivity contribution in [2.45, 2.75) is 30.6 Å². The average Bonchev–Trinajstić information content (AvgIpc) is 2.59. The fourth-order valence-corrected chi connectivity index (χ4v) is 3.53. The van der Waals surface area contributed by atoms with E-state index in [0.29, 0.717) is 11.4 Å². The highest BCUT2D eigenvalue weighted by Gasteiger charge is 2.14. The molecule has 142 valence electrons. The van der Waals surface area contributed by atoms with E-state index in [4.69, 9.17) is 0 Å². The predicted octanol–water partition coefficient (Wildman–Crippen LogP) is 3.33. The first-order valence-corrected chi connectivity index (χ1v) is 9.97. The number of sulfone groups is 1. The van der Waals surface area contributed by atoms with E-state index < -0.39 is 9.84 Å². The Balaban J connectivity index is 0.00000576. The van der Waals surface area contributed by atoms with E-state index in [1.165, 1.54) is 0 Å². The van der Waals surface area contributed by atoms with Crippen molar-refractivity contribution in [3.63, 3.8) is 0 Å². The van der Waals surface area contributed by atoms with Crippen molar-refractivity contribution in [1.29, 1.82) is 0 Å². The van der Waals surface area contributed by atoms with Crippen molar-refractivity contribution < 1.29 is 8.42 Å². The van der Waals surface area contributed by atoms with Crippen LogP contribution in [0, 0.1) is 0 Å². The Morgan fingerprint density at radius 1 is 1.24 bits per heavy atom. The Bertz CT molecular complexity index is 618. The van der Waals surface area contributed by atoms with Crippen molar-refractivity contribution in [2.75, 3.05) is 32.9 Å². The number of allylic oxidation sites excluding steroid dienone is 1. The summed E-state index contributed by atoms with van der Waals surface area (Å²) < 4.78 is 24.5. The van der Waals surface area contributed by atoms with Crippen LogP contribution in [0.25, 0.3) is 0 Å². The maximum absolute atomic E-state index is 12.2. The number of nitrogens with one attached hydrogen (secondary N) is 1. The third-order valence-electron chi connectivity index (χ3n) is 3.73. The fraction of sp³-hybridized carbons (Fsp3) is 0.500. The summed E-state index contributed by atoms with van der Waals surface area (Å²) in [5.41, 5.74) is 0. The second kappa shape index (κ2) is 13.2. The molecule has 0 amide bonds. The number of aliphatic imine (C=N–C) groups is 1. The number of guanidine groups is 1. The van der Waals surface area contributed by atoms with Gasteiger partial charge in [0.2, 0.25) is 0 Å². The van der Waals surface area contributed by atoms with Gasteiger partial charge in [0.25, 0.3) is 0 Å². The maximum atomic E-state index is 12.2. The first kappa shape index (κ1) is 23.9. The van der Waals surface area contributed by atoms with Crippen molar-refractivity contribution >= 4 is 39.8 Å². The van der Waals surface area contributed by atoms with Gasteiger partial charge in [0, 0.05) is 27.2 Å². The highest BCUT2D eigenvalue weighted by molar-refractivity contribution is 14.0. The molecule has 0 aliphatic heterocycles. The molecule has 5 nitrogen and oxygen atoms in total. The van der Waals surface area contributed by atoms with Crippen LogP contribution in [0.15, 0.2) is 52.9 Å². The minimum atomic E-state index is -3.26. The van der Waals surface area contributed by atoms with E-state index in [9.17, 15) is 8.42 Å². The first-order chi connectivity index (χ1) is 11.5. The SMILES string of the molecule is C=CCCCCCN(C)C(=NC)NCCS(=O)(=O)c1ccccc1.I. The lowest BCUT2D eigenvalue weighted by Gasteiger charge is -2.22. The van der Waals surface area contributed by atoms with Gasteiger partial charge in [-0.2, -0.15) is 0 Å². The smallest absolute Gasteiger partial charge is 0.193 e. The summed E-state index contributed by atoms with van der Waals surface area (Å²) in [6, 6.07) is 8.53. The van der Waals surface area contributed by atoms with Gasteiger partial charge in [-0.15, -0.1) is 30.6 Å². The molecule has 1 N–H and O–H groups in total. The minimum Gasteiger partial charge on any atom is -0.355 e. The topological polar surface area (TPSA) is 61.8 Å². The Morgan fingerprint density at radius 2 is 1.92 bits per heavy atom. The van der Waals surface area contributed by atoms with Crippen LogP contribution in [-0.4, -0.2) is 52.2 Å². The summed E-state index contributed by atoms with van der Waals surface area (Å²) in [5, 5.41) is 3.13. The van der Waals surface area contributed by atoms with Crippen molar-refractivity contribution in [1.82, 2.24) is 10.2 Å². The zero-order valence-corrected chi connectivity index (χ0v) is 18.3. The Hall–Kier alpha value is -1.09. The number of unbranched alkanes of at least 4 members (excludes halogenated alkanes) is 3. The van der Waals surface area contributed by atoms with E-state index in [1.807, 2.05) is 24.1 Å². The van der Waals surface area contributed by atoms with Gasteiger partial charge in [-0.25, -0.2) is 8.42 Å². The Labute approximate surface area is 169 Å². The first-order valence-electron chi connectivity index (χ1n) is 8.31. The summed E-state index contributed by atoms with van der Waals surface area (Å²) in [6.07, 6.45) is 6.37. The van der Waals surface area contributed by atoms with Crippen LogP contribution in [0.3, 0.4) is 0 Å². The molecule has 0 spiro atoms. The van der Waals surface area contributed by atoms with Crippen LogP contribution in [0.5, 0.6) is 0 Å². The maximum Gasteiger partial charge on any atom is 0.193 e. The number of hydrogen-bond acceptors (Lipinski definition) is 3. The summed E-state index contributed by atoms with van der Waals surface area (Å²) in [7, 11) is 0.415. The molecular weight excluding hydrogens is 449 g/mol. The summed E-state index contributed by atoms with van der Waals surface area (Å²) in [5.74, 6) is 0.769. The van der Waals surface area contributed by atoms with Crippen molar-refractivity contribution in [2.24, 2.45) is 4.99 Å². The van der Waals surface area contributed by atoms with Gasteiger partial charge in [0.05, 0.1) is 10.6 Å². The summed E-state index contributed by atoms with van der Waals surface area (Å²) in [4.78, 5) is 6.61. The lowest BCUT2D eigenvalue weighted by atomic mass is 10.2. The molecule has 0 bridgehead atoms. The van der Waals surface area contributed by atoms with Crippen LogP contribution in [-0.2, 0) is 9.84 Å². The molecule has 0 fully saturated rings. The van der Waals surface area contributed by atoms with E-state index >= 15 is 0 Å². The van der Waals surface area contributed by atoms with Gasteiger partial charge >= 0.3 is 0 Å². The second-order valence-corrected chi connectivity index (χ2v) is 7.77. The molecule has 0 aromatic heterocycles. The standard InChI is InChI=1S/C18H29N3O2S.HI/c1-4-5-6-7-11-15-21(3)18(19-2)20-14-16-24(22,23)17-12-9-8-10-13-17;/h4,8-10,12-13H,1,5-7,11,14-16H2,2-3H3,(H,19,20);1H.